The molecule has 1 aliphatic carbocycles. The topological polar surface area (TPSA) is 64.1 Å². The molecule has 6 nitrogen and oxygen atoms in total. The third-order valence-electron chi connectivity index (χ3n) is 15.4. The Balaban J connectivity index is 2.41. The Morgan fingerprint density at radius 3 is 0.821 bits per heavy atom. The molecule has 0 radical (unpaired) electrons. The Bertz CT molecular complexity index is 929. The van der Waals surface area contributed by atoms with Crippen LogP contribution < -0.4 is 0 Å². The van der Waals surface area contributed by atoms with E-state index in [4.69, 9.17) is 0 Å². The van der Waals surface area contributed by atoms with Gasteiger partial charge >= 0.3 is 0 Å². The second kappa shape index (κ2) is 49.8. The van der Waals surface area contributed by atoms with Crippen LogP contribution in [0.4, 0.5) is 0 Å². The van der Waals surface area contributed by atoms with Crippen LogP contribution in [0.3, 0.4) is 0 Å². The standard InChI is InChI=1S/C61H121N3O3/c1-5-9-13-17-21-25-33-43-53-63(54-44-34-26-22-18-14-10-6-2)60(66)47-39-31-29-37-41-51-62(58-49-50-59(65)57-58)52-42-38-30-32-40-48-61(67)64(55-45-35-27-23-19-15-11-7-3)56-46-36-28-24-20-16-12-8-4/h58-59,65H,5-57H2,1-4H3/t58-,59+/m0/s1. The molecule has 0 spiro atoms. The van der Waals surface area contributed by atoms with Crippen molar-refractivity contribution in [3.8, 4) is 0 Å². The van der Waals surface area contributed by atoms with Gasteiger partial charge in [-0.2, -0.15) is 0 Å². The summed E-state index contributed by atoms with van der Waals surface area (Å²) in [5.74, 6) is 0.821. The lowest BCUT2D eigenvalue weighted by molar-refractivity contribution is -0.132. The Morgan fingerprint density at radius 2 is 0.567 bits per heavy atom. The summed E-state index contributed by atoms with van der Waals surface area (Å²) in [6.07, 6.45) is 58.3. The van der Waals surface area contributed by atoms with Crippen molar-refractivity contribution >= 4 is 11.8 Å². The van der Waals surface area contributed by atoms with Crippen LogP contribution in [0.15, 0.2) is 0 Å². The third kappa shape index (κ3) is 40.2. The molecule has 0 saturated heterocycles. The highest BCUT2D eigenvalue weighted by Gasteiger charge is 2.27. The Labute approximate surface area is 420 Å². The number of carbonyl (C=O) groups excluding carboxylic acids is 2. The lowest BCUT2D eigenvalue weighted by Crippen LogP contribution is -2.35. The molecule has 0 aliphatic heterocycles. The SMILES string of the molecule is CCCCCCCCCCN(CCCCCCCCCC)C(=O)CCCCCCCN(CCCCCCCC(=O)N(CCCCCCCCCC)CCCCCCCCCC)[C@H]1CC[C@@H](O)C1. The highest BCUT2D eigenvalue weighted by molar-refractivity contribution is 5.76. The Hall–Kier alpha value is -1.14. The van der Waals surface area contributed by atoms with Crippen molar-refractivity contribution in [3.63, 3.8) is 0 Å². The van der Waals surface area contributed by atoms with Crippen molar-refractivity contribution in [2.24, 2.45) is 0 Å². The zero-order valence-corrected chi connectivity index (χ0v) is 46.2. The monoisotopic (exact) mass is 944 g/mol. The van der Waals surface area contributed by atoms with Crippen LogP contribution in [0.1, 0.15) is 329 Å². The lowest BCUT2D eigenvalue weighted by atomic mass is 10.1. The first-order valence-corrected chi connectivity index (χ1v) is 30.9. The second-order valence-electron chi connectivity index (χ2n) is 21.9. The van der Waals surface area contributed by atoms with Gasteiger partial charge in [0.15, 0.2) is 0 Å². The molecular weight excluding hydrogens is 823 g/mol. The van der Waals surface area contributed by atoms with Crippen LogP contribution in [-0.4, -0.2) is 83.0 Å². The van der Waals surface area contributed by atoms with Gasteiger partial charge in [0.1, 0.15) is 0 Å². The van der Waals surface area contributed by atoms with Crippen LogP contribution in [0, 0.1) is 0 Å². The molecule has 0 heterocycles. The number of unbranched alkanes of at least 4 members (excludes halogenated alkanes) is 36. The van der Waals surface area contributed by atoms with Crippen molar-refractivity contribution in [1.82, 2.24) is 14.7 Å². The molecular formula is C61H121N3O3. The van der Waals surface area contributed by atoms with E-state index in [1.165, 1.54) is 244 Å². The predicted octanol–water partition coefficient (Wildman–Crippen LogP) is 18.1. The molecule has 1 rings (SSSR count). The van der Waals surface area contributed by atoms with E-state index in [2.05, 4.69) is 42.4 Å². The zero-order chi connectivity index (χ0) is 48.5. The number of hydrogen-bond donors (Lipinski definition) is 1. The van der Waals surface area contributed by atoms with E-state index in [9.17, 15) is 14.7 Å². The molecule has 67 heavy (non-hydrogen) atoms. The fourth-order valence-corrected chi connectivity index (χ4v) is 10.8. The molecule has 1 N–H and O–H groups in total. The van der Waals surface area contributed by atoms with Crippen molar-refractivity contribution < 1.29 is 14.7 Å². The van der Waals surface area contributed by atoms with E-state index < -0.39 is 0 Å². The molecule has 398 valence electrons. The number of nitrogens with zero attached hydrogens (tertiary/aromatic N) is 3. The summed E-state index contributed by atoms with van der Waals surface area (Å²) >= 11 is 0. The zero-order valence-electron chi connectivity index (χ0n) is 46.2. The molecule has 1 aliphatic rings. The van der Waals surface area contributed by atoms with Crippen LogP contribution in [-0.2, 0) is 9.59 Å². The van der Waals surface area contributed by atoms with E-state index in [-0.39, 0.29) is 6.10 Å². The summed E-state index contributed by atoms with van der Waals surface area (Å²) in [5.41, 5.74) is 0. The number of aliphatic hydroxyl groups excluding tert-OH is 1. The van der Waals surface area contributed by atoms with Gasteiger partial charge in [-0.1, -0.05) is 246 Å². The van der Waals surface area contributed by atoms with Crippen molar-refractivity contribution in [3.05, 3.63) is 0 Å². The number of hydrogen-bond acceptors (Lipinski definition) is 4. The minimum absolute atomic E-state index is 0.126. The van der Waals surface area contributed by atoms with Gasteiger partial charge in [-0.05, 0) is 83.7 Å². The summed E-state index contributed by atoms with van der Waals surface area (Å²) in [5, 5.41) is 10.4. The van der Waals surface area contributed by atoms with Crippen LogP contribution in [0.25, 0.3) is 0 Å². The fourth-order valence-electron chi connectivity index (χ4n) is 10.8. The average Bonchev–Trinajstić information content (AvgIpc) is 3.77. The van der Waals surface area contributed by atoms with E-state index in [1.807, 2.05) is 0 Å². The van der Waals surface area contributed by atoms with Crippen LogP contribution >= 0.6 is 0 Å². The highest BCUT2D eigenvalue weighted by atomic mass is 16.3. The van der Waals surface area contributed by atoms with Gasteiger partial charge in [-0.25, -0.2) is 0 Å². The third-order valence-corrected chi connectivity index (χ3v) is 15.4. The van der Waals surface area contributed by atoms with Crippen molar-refractivity contribution in [2.75, 3.05) is 39.3 Å². The summed E-state index contributed by atoms with van der Waals surface area (Å²) in [6.45, 7) is 15.3. The summed E-state index contributed by atoms with van der Waals surface area (Å²) in [4.78, 5) is 34.1. The fraction of sp³-hybridized carbons (Fsp3) is 0.967. The first kappa shape index (κ1) is 63.9. The normalized spacial score (nSPS) is 15.0. The van der Waals surface area contributed by atoms with Gasteiger partial charge in [0.25, 0.3) is 0 Å². The maximum atomic E-state index is 13.5. The number of rotatable bonds is 53. The molecule has 1 saturated carbocycles. The quantitative estimate of drug-likeness (QED) is 0.0617. The van der Waals surface area contributed by atoms with E-state index in [0.29, 0.717) is 17.9 Å². The largest absolute Gasteiger partial charge is 0.393 e. The molecule has 0 bridgehead atoms. The first-order chi connectivity index (χ1) is 33.0. The Morgan fingerprint density at radius 1 is 0.328 bits per heavy atom. The lowest BCUT2D eigenvalue weighted by Gasteiger charge is -2.29. The van der Waals surface area contributed by atoms with Gasteiger partial charge in [0, 0.05) is 45.1 Å². The Kier molecular flexibility index (Phi) is 47.5. The molecule has 0 aromatic carbocycles. The van der Waals surface area contributed by atoms with Gasteiger partial charge < -0.3 is 19.8 Å². The number of amides is 2. The van der Waals surface area contributed by atoms with E-state index in [0.717, 1.165) is 97.1 Å². The number of aliphatic hydroxyl groups is 1. The summed E-state index contributed by atoms with van der Waals surface area (Å²) < 4.78 is 0. The molecule has 0 unspecified atom stereocenters. The molecule has 1 fully saturated rings. The molecule has 2 amide bonds. The van der Waals surface area contributed by atoms with E-state index >= 15 is 0 Å². The van der Waals surface area contributed by atoms with Gasteiger partial charge in [0.05, 0.1) is 6.10 Å². The molecule has 0 aromatic heterocycles. The molecule has 6 heteroatoms. The van der Waals surface area contributed by atoms with Gasteiger partial charge in [-0.3, -0.25) is 9.59 Å². The van der Waals surface area contributed by atoms with Crippen molar-refractivity contribution in [1.29, 1.82) is 0 Å². The maximum absolute atomic E-state index is 13.5. The average molecular weight is 945 g/mol. The van der Waals surface area contributed by atoms with Crippen molar-refractivity contribution in [2.45, 2.75) is 342 Å². The number of carbonyl (C=O) groups is 2. The van der Waals surface area contributed by atoms with Gasteiger partial charge in [0.2, 0.25) is 11.8 Å². The predicted molar refractivity (Wildman–Crippen MR) is 294 cm³/mol. The molecule has 2 atom stereocenters. The minimum atomic E-state index is -0.126. The van der Waals surface area contributed by atoms with E-state index in [1.54, 1.807) is 0 Å². The van der Waals surface area contributed by atoms with Crippen LogP contribution in [0.5, 0.6) is 0 Å². The second-order valence-corrected chi connectivity index (χ2v) is 21.9. The smallest absolute Gasteiger partial charge is 0.222 e. The maximum Gasteiger partial charge on any atom is 0.222 e. The summed E-state index contributed by atoms with van der Waals surface area (Å²) in [6, 6.07) is 0.534. The highest BCUT2D eigenvalue weighted by Crippen LogP contribution is 2.26. The van der Waals surface area contributed by atoms with Gasteiger partial charge in [-0.15, -0.1) is 0 Å². The van der Waals surface area contributed by atoms with Crippen LogP contribution in [0.2, 0.25) is 0 Å². The minimum Gasteiger partial charge on any atom is -0.393 e. The molecule has 0 aromatic rings. The summed E-state index contributed by atoms with van der Waals surface area (Å²) in [7, 11) is 0. The first-order valence-electron chi connectivity index (χ1n) is 30.9.